The third-order valence-electron chi connectivity index (χ3n) is 7.52. The van der Waals surface area contributed by atoms with Crippen LogP contribution in [0, 0.1) is 5.92 Å². The number of rotatable bonds is 5. The lowest BCUT2D eigenvalue weighted by Crippen LogP contribution is -2.61. The molecular weight excluding hydrogens is 320 g/mol. The van der Waals surface area contributed by atoms with Crippen molar-refractivity contribution in [3.63, 3.8) is 0 Å². The maximum absolute atomic E-state index is 2.56. The normalized spacial score (nSPS) is 32.7. The maximum atomic E-state index is 2.56. The molecule has 0 N–H and O–H groups in total. The topological polar surface area (TPSA) is 0 Å². The quantitative estimate of drug-likeness (QED) is 0.505. The van der Waals surface area contributed by atoms with Gasteiger partial charge in [-0.05, 0) is 81.7 Å². The summed E-state index contributed by atoms with van der Waals surface area (Å²) in [5.41, 5.74) is 1.66. The second kappa shape index (κ2) is 7.67. The SMILES string of the molecule is CC(C)[S+](C1CCCCC1)C1(C2CCCC2)CCC1c1ccccc1. The zero-order valence-corrected chi connectivity index (χ0v) is 17.2. The monoisotopic (exact) mass is 357 g/mol. The summed E-state index contributed by atoms with van der Waals surface area (Å²) in [5, 5.41) is 1.90. The van der Waals surface area contributed by atoms with Crippen LogP contribution < -0.4 is 0 Å². The van der Waals surface area contributed by atoms with Crippen LogP contribution in [0.15, 0.2) is 30.3 Å². The second-order valence-electron chi connectivity index (χ2n) is 9.12. The first-order valence-electron chi connectivity index (χ1n) is 11.0. The molecule has 25 heavy (non-hydrogen) atoms. The van der Waals surface area contributed by atoms with Gasteiger partial charge in [-0.15, -0.1) is 0 Å². The van der Waals surface area contributed by atoms with Crippen LogP contribution in [-0.2, 0) is 10.9 Å². The lowest BCUT2D eigenvalue weighted by atomic mass is 9.63. The van der Waals surface area contributed by atoms with Gasteiger partial charge in [-0.3, -0.25) is 0 Å². The number of hydrogen-bond acceptors (Lipinski definition) is 0. The predicted molar refractivity (Wildman–Crippen MR) is 112 cm³/mol. The molecule has 1 aromatic carbocycles. The highest BCUT2D eigenvalue weighted by molar-refractivity contribution is 7.99. The van der Waals surface area contributed by atoms with Gasteiger partial charge in [0.05, 0.1) is 0 Å². The summed E-state index contributed by atoms with van der Waals surface area (Å²) in [7, 11) is 0.600. The van der Waals surface area contributed by atoms with E-state index < -0.39 is 0 Å². The van der Waals surface area contributed by atoms with Crippen molar-refractivity contribution in [2.24, 2.45) is 5.92 Å². The predicted octanol–water partition coefficient (Wildman–Crippen LogP) is 6.85. The molecule has 1 heteroatoms. The number of benzene rings is 1. The van der Waals surface area contributed by atoms with Crippen LogP contribution in [0.1, 0.15) is 96.0 Å². The molecule has 0 aliphatic heterocycles. The highest BCUT2D eigenvalue weighted by atomic mass is 32.2. The molecule has 0 aromatic heterocycles. The highest BCUT2D eigenvalue weighted by Gasteiger charge is 2.66. The third kappa shape index (κ3) is 3.20. The van der Waals surface area contributed by atoms with Crippen molar-refractivity contribution in [1.82, 2.24) is 0 Å². The van der Waals surface area contributed by atoms with Gasteiger partial charge < -0.3 is 0 Å². The smallest absolute Gasteiger partial charge is 0.0622 e. The molecule has 3 saturated carbocycles. The summed E-state index contributed by atoms with van der Waals surface area (Å²) in [4.78, 5) is 0. The second-order valence-corrected chi connectivity index (χ2v) is 12.2. The molecule has 0 radical (unpaired) electrons. The van der Waals surface area contributed by atoms with Crippen molar-refractivity contribution < 1.29 is 0 Å². The molecule has 3 atom stereocenters. The first-order chi connectivity index (χ1) is 12.2. The molecule has 0 nitrogen and oxygen atoms in total. The lowest BCUT2D eigenvalue weighted by Gasteiger charge is -2.54. The fourth-order valence-electron chi connectivity index (χ4n) is 6.54. The largest absolute Gasteiger partial charge is 0.138 e. The van der Waals surface area contributed by atoms with E-state index in [-0.39, 0.29) is 0 Å². The van der Waals surface area contributed by atoms with E-state index in [9.17, 15) is 0 Å². The molecule has 0 saturated heterocycles. The van der Waals surface area contributed by atoms with Gasteiger partial charge in [-0.2, -0.15) is 0 Å². The minimum absolute atomic E-state index is 0.600. The van der Waals surface area contributed by atoms with Crippen molar-refractivity contribution in [3.8, 4) is 0 Å². The van der Waals surface area contributed by atoms with Gasteiger partial charge in [0.15, 0.2) is 0 Å². The molecule has 138 valence electrons. The van der Waals surface area contributed by atoms with Crippen LogP contribution >= 0.6 is 0 Å². The first-order valence-corrected chi connectivity index (χ1v) is 12.4. The zero-order valence-electron chi connectivity index (χ0n) is 16.4. The summed E-state index contributed by atoms with van der Waals surface area (Å²) in [6, 6.07) is 11.6. The Hall–Kier alpha value is -0.430. The summed E-state index contributed by atoms with van der Waals surface area (Å²) in [6.45, 7) is 5.13. The van der Waals surface area contributed by atoms with E-state index in [4.69, 9.17) is 0 Å². The number of hydrogen-bond donors (Lipinski definition) is 0. The Labute approximate surface area is 158 Å². The Morgan fingerprint density at radius 3 is 2.04 bits per heavy atom. The van der Waals surface area contributed by atoms with Crippen molar-refractivity contribution in [2.75, 3.05) is 0 Å². The van der Waals surface area contributed by atoms with E-state index in [1.807, 2.05) is 0 Å². The van der Waals surface area contributed by atoms with Crippen molar-refractivity contribution in [1.29, 1.82) is 0 Å². The van der Waals surface area contributed by atoms with Crippen LogP contribution in [0.5, 0.6) is 0 Å². The van der Waals surface area contributed by atoms with Crippen LogP contribution in [0.25, 0.3) is 0 Å². The van der Waals surface area contributed by atoms with Crippen LogP contribution in [0.3, 0.4) is 0 Å². The Balaban J connectivity index is 1.71. The molecule has 0 spiro atoms. The summed E-state index contributed by atoms with van der Waals surface area (Å²) < 4.78 is 0.647. The minimum atomic E-state index is 0.600. The van der Waals surface area contributed by atoms with Crippen LogP contribution in [0.4, 0.5) is 0 Å². The van der Waals surface area contributed by atoms with E-state index in [1.165, 1.54) is 70.6 Å². The molecule has 0 heterocycles. The average molecular weight is 358 g/mol. The zero-order chi connectivity index (χ0) is 17.3. The molecule has 0 amide bonds. The molecular formula is C24H37S+. The molecule has 3 aliphatic carbocycles. The highest BCUT2D eigenvalue weighted by Crippen LogP contribution is 2.62. The molecule has 3 unspecified atom stereocenters. The summed E-state index contributed by atoms with van der Waals surface area (Å²) in [6.07, 6.45) is 16.5. The van der Waals surface area contributed by atoms with Crippen molar-refractivity contribution >= 4 is 10.9 Å². The van der Waals surface area contributed by atoms with Gasteiger partial charge in [0.1, 0.15) is 15.2 Å². The molecule has 3 fully saturated rings. The Morgan fingerprint density at radius 2 is 1.48 bits per heavy atom. The van der Waals surface area contributed by atoms with Gasteiger partial charge in [0.25, 0.3) is 0 Å². The first kappa shape index (κ1) is 18.0. The van der Waals surface area contributed by atoms with Gasteiger partial charge in [0, 0.05) is 11.8 Å². The molecule has 0 bridgehead atoms. The van der Waals surface area contributed by atoms with Gasteiger partial charge in [-0.25, -0.2) is 0 Å². The lowest BCUT2D eigenvalue weighted by molar-refractivity contribution is 0.201. The van der Waals surface area contributed by atoms with E-state index in [0.29, 0.717) is 15.6 Å². The molecule has 4 rings (SSSR count). The van der Waals surface area contributed by atoms with E-state index in [1.54, 1.807) is 5.56 Å². The van der Waals surface area contributed by atoms with Gasteiger partial charge in [0.2, 0.25) is 0 Å². The third-order valence-corrected chi connectivity index (χ3v) is 11.4. The minimum Gasteiger partial charge on any atom is -0.0622 e. The fourth-order valence-corrected chi connectivity index (χ4v) is 11.2. The van der Waals surface area contributed by atoms with Gasteiger partial charge in [-0.1, -0.05) is 49.6 Å². The summed E-state index contributed by atoms with van der Waals surface area (Å²) >= 11 is 0. The Kier molecular flexibility index (Phi) is 5.51. The van der Waals surface area contributed by atoms with Crippen LogP contribution in [0.2, 0.25) is 0 Å². The Bertz CT molecular complexity index is 538. The molecule has 3 aliphatic rings. The Morgan fingerprint density at radius 1 is 0.840 bits per heavy atom. The average Bonchev–Trinajstić information content (AvgIpc) is 3.14. The standard InChI is InChI=1S/C24H37S/c1-19(2)25(22-15-7-4-8-16-22)24(21-13-9-10-14-21)18-17-23(24)20-11-5-3-6-12-20/h3,5-6,11-12,19,21-23H,4,7-10,13-18H2,1-2H3/q+1. The van der Waals surface area contributed by atoms with Crippen molar-refractivity contribution in [3.05, 3.63) is 35.9 Å². The van der Waals surface area contributed by atoms with E-state index >= 15 is 0 Å². The van der Waals surface area contributed by atoms with Crippen molar-refractivity contribution in [2.45, 2.75) is 106 Å². The van der Waals surface area contributed by atoms with Gasteiger partial charge >= 0.3 is 0 Å². The van der Waals surface area contributed by atoms with E-state index in [0.717, 1.165) is 22.3 Å². The van der Waals surface area contributed by atoms with Crippen LogP contribution in [-0.4, -0.2) is 15.2 Å². The molecule has 1 aromatic rings. The fraction of sp³-hybridized carbons (Fsp3) is 0.750. The maximum Gasteiger partial charge on any atom is 0.138 e. The van der Waals surface area contributed by atoms with E-state index in [2.05, 4.69) is 44.2 Å². The summed E-state index contributed by atoms with van der Waals surface area (Å²) in [5.74, 6) is 1.86.